The van der Waals surface area contributed by atoms with Gasteiger partial charge < -0.3 is 15.4 Å². The number of amides is 1. The van der Waals surface area contributed by atoms with Crippen molar-refractivity contribution in [3.05, 3.63) is 0 Å². The second-order valence-electron chi connectivity index (χ2n) is 4.93. The second kappa shape index (κ2) is 4.94. The molecule has 2 N–H and O–H groups in total. The van der Waals surface area contributed by atoms with Gasteiger partial charge in [-0.3, -0.25) is 4.79 Å². The number of rotatable bonds is 3. The summed E-state index contributed by atoms with van der Waals surface area (Å²) in [6, 6.07) is 0.0955. The van der Waals surface area contributed by atoms with Gasteiger partial charge in [0, 0.05) is 19.0 Å². The SMILES string of the molecule is CC(N)CCC(=O)N1CCOCC1(C)C. The number of ether oxygens (including phenoxy) is 1. The zero-order valence-corrected chi connectivity index (χ0v) is 9.95. The Kier molecular flexibility index (Phi) is 4.11. The zero-order chi connectivity index (χ0) is 11.5. The lowest BCUT2D eigenvalue weighted by atomic mass is 10.0. The van der Waals surface area contributed by atoms with Gasteiger partial charge in [0.25, 0.3) is 0 Å². The standard InChI is InChI=1S/C11H22N2O2/c1-9(12)4-5-10(14)13-6-7-15-8-11(13,2)3/h9H,4-8,12H2,1-3H3. The Morgan fingerprint density at radius 3 is 2.80 bits per heavy atom. The van der Waals surface area contributed by atoms with Gasteiger partial charge in [0.05, 0.1) is 18.8 Å². The summed E-state index contributed by atoms with van der Waals surface area (Å²) >= 11 is 0. The first kappa shape index (κ1) is 12.5. The molecular weight excluding hydrogens is 192 g/mol. The maximum Gasteiger partial charge on any atom is 0.223 e. The summed E-state index contributed by atoms with van der Waals surface area (Å²) in [4.78, 5) is 13.8. The number of hydrogen-bond acceptors (Lipinski definition) is 3. The third-order valence-electron chi connectivity index (χ3n) is 2.76. The highest BCUT2D eigenvalue weighted by molar-refractivity contribution is 5.77. The predicted octanol–water partition coefficient (Wildman–Crippen LogP) is 0.751. The van der Waals surface area contributed by atoms with Crippen LogP contribution >= 0.6 is 0 Å². The molecule has 0 aromatic rings. The summed E-state index contributed by atoms with van der Waals surface area (Å²) in [5.74, 6) is 0.195. The fourth-order valence-corrected chi connectivity index (χ4v) is 1.81. The maximum absolute atomic E-state index is 11.9. The van der Waals surface area contributed by atoms with Crippen molar-refractivity contribution in [2.45, 2.75) is 45.2 Å². The predicted molar refractivity (Wildman–Crippen MR) is 59.5 cm³/mol. The normalized spacial score (nSPS) is 22.5. The average molecular weight is 214 g/mol. The van der Waals surface area contributed by atoms with Gasteiger partial charge in [-0.05, 0) is 27.2 Å². The molecule has 15 heavy (non-hydrogen) atoms. The molecule has 1 rings (SSSR count). The van der Waals surface area contributed by atoms with Crippen molar-refractivity contribution in [3.63, 3.8) is 0 Å². The molecule has 0 bridgehead atoms. The van der Waals surface area contributed by atoms with Crippen LogP contribution in [0.1, 0.15) is 33.6 Å². The van der Waals surface area contributed by atoms with Crippen LogP contribution in [0.3, 0.4) is 0 Å². The lowest BCUT2D eigenvalue weighted by Gasteiger charge is -2.42. The Hall–Kier alpha value is -0.610. The molecule has 1 atom stereocenters. The molecule has 0 spiro atoms. The summed E-state index contributed by atoms with van der Waals surface area (Å²) in [7, 11) is 0. The van der Waals surface area contributed by atoms with Gasteiger partial charge in [-0.2, -0.15) is 0 Å². The molecule has 0 aromatic heterocycles. The molecule has 1 aliphatic heterocycles. The van der Waals surface area contributed by atoms with E-state index in [0.717, 1.165) is 6.42 Å². The van der Waals surface area contributed by atoms with E-state index in [1.54, 1.807) is 0 Å². The quantitative estimate of drug-likeness (QED) is 0.754. The van der Waals surface area contributed by atoms with E-state index < -0.39 is 0 Å². The number of carbonyl (C=O) groups excluding carboxylic acids is 1. The van der Waals surface area contributed by atoms with Gasteiger partial charge in [-0.25, -0.2) is 0 Å². The van der Waals surface area contributed by atoms with E-state index in [-0.39, 0.29) is 17.5 Å². The molecule has 0 saturated carbocycles. The maximum atomic E-state index is 11.9. The highest BCUT2D eigenvalue weighted by Crippen LogP contribution is 2.20. The summed E-state index contributed by atoms with van der Waals surface area (Å²) in [5.41, 5.74) is 5.47. The van der Waals surface area contributed by atoms with E-state index in [9.17, 15) is 4.79 Å². The van der Waals surface area contributed by atoms with Gasteiger partial charge in [0.2, 0.25) is 5.91 Å². The second-order valence-corrected chi connectivity index (χ2v) is 4.93. The molecule has 1 heterocycles. The van der Waals surface area contributed by atoms with Gasteiger partial charge in [-0.15, -0.1) is 0 Å². The largest absolute Gasteiger partial charge is 0.377 e. The fourth-order valence-electron chi connectivity index (χ4n) is 1.81. The Morgan fingerprint density at radius 1 is 1.60 bits per heavy atom. The minimum absolute atomic E-state index is 0.0955. The van der Waals surface area contributed by atoms with E-state index in [1.165, 1.54) is 0 Å². The minimum Gasteiger partial charge on any atom is -0.377 e. The van der Waals surface area contributed by atoms with Gasteiger partial charge in [0.15, 0.2) is 0 Å². The molecule has 1 fully saturated rings. The van der Waals surface area contributed by atoms with Crippen molar-refractivity contribution in [1.82, 2.24) is 4.90 Å². The highest BCUT2D eigenvalue weighted by atomic mass is 16.5. The van der Waals surface area contributed by atoms with E-state index >= 15 is 0 Å². The Morgan fingerprint density at radius 2 is 2.27 bits per heavy atom. The summed E-state index contributed by atoms with van der Waals surface area (Å²) in [6.45, 7) is 7.97. The molecule has 4 heteroatoms. The molecule has 1 unspecified atom stereocenters. The number of hydrogen-bond donors (Lipinski definition) is 1. The summed E-state index contributed by atoms with van der Waals surface area (Å²) < 4.78 is 5.37. The monoisotopic (exact) mass is 214 g/mol. The lowest BCUT2D eigenvalue weighted by molar-refractivity contribution is -0.146. The van der Waals surface area contributed by atoms with Crippen molar-refractivity contribution in [1.29, 1.82) is 0 Å². The van der Waals surface area contributed by atoms with E-state index in [4.69, 9.17) is 10.5 Å². The first-order valence-electron chi connectivity index (χ1n) is 5.57. The van der Waals surface area contributed by atoms with Gasteiger partial charge in [0.1, 0.15) is 0 Å². The van der Waals surface area contributed by atoms with E-state index in [2.05, 4.69) is 0 Å². The van der Waals surface area contributed by atoms with E-state index in [1.807, 2.05) is 25.7 Å². The van der Waals surface area contributed by atoms with Crippen LogP contribution in [-0.2, 0) is 9.53 Å². The van der Waals surface area contributed by atoms with Crippen molar-refractivity contribution < 1.29 is 9.53 Å². The van der Waals surface area contributed by atoms with Crippen LogP contribution in [0.15, 0.2) is 0 Å². The van der Waals surface area contributed by atoms with Crippen LogP contribution in [0.4, 0.5) is 0 Å². The first-order valence-corrected chi connectivity index (χ1v) is 5.57. The minimum atomic E-state index is -0.173. The van der Waals surface area contributed by atoms with Crippen molar-refractivity contribution in [2.24, 2.45) is 5.73 Å². The Bertz CT molecular complexity index is 227. The lowest BCUT2D eigenvalue weighted by Crippen LogP contribution is -2.55. The average Bonchev–Trinajstić information content (AvgIpc) is 2.13. The third kappa shape index (κ3) is 3.47. The molecule has 0 aliphatic carbocycles. The molecular formula is C11H22N2O2. The highest BCUT2D eigenvalue weighted by Gasteiger charge is 2.33. The number of nitrogens with two attached hydrogens (primary N) is 1. The molecule has 1 amide bonds. The smallest absolute Gasteiger partial charge is 0.223 e. The van der Waals surface area contributed by atoms with E-state index in [0.29, 0.717) is 26.2 Å². The fraction of sp³-hybridized carbons (Fsp3) is 0.909. The van der Waals surface area contributed by atoms with Gasteiger partial charge in [-0.1, -0.05) is 0 Å². The van der Waals surface area contributed by atoms with Crippen molar-refractivity contribution >= 4 is 5.91 Å². The van der Waals surface area contributed by atoms with Crippen LogP contribution in [0.2, 0.25) is 0 Å². The van der Waals surface area contributed by atoms with Crippen molar-refractivity contribution in [2.75, 3.05) is 19.8 Å². The van der Waals surface area contributed by atoms with Gasteiger partial charge >= 0.3 is 0 Å². The van der Waals surface area contributed by atoms with Crippen LogP contribution in [0.25, 0.3) is 0 Å². The van der Waals surface area contributed by atoms with Crippen LogP contribution in [-0.4, -0.2) is 42.1 Å². The molecule has 0 aromatic carbocycles. The number of carbonyl (C=O) groups is 1. The van der Waals surface area contributed by atoms with Crippen LogP contribution in [0.5, 0.6) is 0 Å². The number of morpholine rings is 1. The molecule has 88 valence electrons. The first-order chi connectivity index (χ1) is 6.93. The molecule has 4 nitrogen and oxygen atoms in total. The van der Waals surface area contributed by atoms with Crippen molar-refractivity contribution in [3.8, 4) is 0 Å². The molecule has 1 aliphatic rings. The Labute approximate surface area is 91.8 Å². The van der Waals surface area contributed by atoms with Crippen LogP contribution in [0, 0.1) is 0 Å². The third-order valence-corrected chi connectivity index (χ3v) is 2.76. The summed E-state index contributed by atoms with van der Waals surface area (Å²) in [5, 5.41) is 0. The molecule has 0 radical (unpaired) electrons. The Balaban J connectivity index is 2.49. The summed E-state index contributed by atoms with van der Waals surface area (Å²) in [6.07, 6.45) is 1.30. The molecule has 1 saturated heterocycles. The number of nitrogens with zero attached hydrogens (tertiary/aromatic N) is 1. The van der Waals surface area contributed by atoms with Crippen LogP contribution < -0.4 is 5.73 Å². The zero-order valence-electron chi connectivity index (χ0n) is 9.95. The topological polar surface area (TPSA) is 55.6 Å².